The number of carbonyl (C=O) groups is 2. The molecule has 0 radical (unpaired) electrons. The molecule has 144 valence electrons. The van der Waals surface area contributed by atoms with Crippen molar-refractivity contribution in [3.63, 3.8) is 0 Å². The van der Waals surface area contributed by atoms with Crippen LogP contribution in [0.1, 0.15) is 60.2 Å². The van der Waals surface area contributed by atoms with E-state index < -0.39 is 0 Å². The van der Waals surface area contributed by atoms with E-state index in [-0.39, 0.29) is 29.9 Å². The average Bonchev–Trinajstić information content (AvgIpc) is 3.08. The smallest absolute Gasteiger partial charge is 0.271 e. The number of hydrogen-bond acceptors (Lipinski definition) is 5. The average molecular weight is 371 g/mol. The minimum Gasteiger partial charge on any atom is -0.487 e. The quantitative estimate of drug-likeness (QED) is 0.762. The lowest BCUT2D eigenvalue weighted by Crippen LogP contribution is -2.45. The number of H-pyrrole nitrogens is 1. The molecule has 0 aliphatic carbocycles. The van der Waals surface area contributed by atoms with Gasteiger partial charge in [-0.1, -0.05) is 12.1 Å². The van der Waals surface area contributed by atoms with Crippen molar-refractivity contribution in [1.29, 1.82) is 0 Å². The van der Waals surface area contributed by atoms with Crippen molar-refractivity contribution in [2.24, 2.45) is 0 Å². The van der Waals surface area contributed by atoms with Crippen LogP contribution in [0.4, 0.5) is 0 Å². The molecule has 1 aromatic heterocycles. The van der Waals surface area contributed by atoms with Crippen molar-refractivity contribution >= 4 is 11.7 Å². The molecule has 2 heterocycles. The highest BCUT2D eigenvalue weighted by Crippen LogP contribution is 2.24. The van der Waals surface area contributed by atoms with E-state index in [0.717, 1.165) is 12.8 Å². The van der Waals surface area contributed by atoms with Crippen LogP contribution in [-0.2, 0) is 11.3 Å². The Kier molecular flexibility index (Phi) is 5.60. The first-order chi connectivity index (χ1) is 12.8. The van der Waals surface area contributed by atoms with E-state index in [4.69, 9.17) is 9.47 Å². The van der Waals surface area contributed by atoms with Gasteiger partial charge in [0.25, 0.3) is 5.91 Å². The van der Waals surface area contributed by atoms with Crippen LogP contribution in [0.5, 0.6) is 5.75 Å². The number of hydrogen-bond donors (Lipinski definition) is 2. The zero-order valence-corrected chi connectivity index (χ0v) is 15.9. The minimum absolute atomic E-state index is 0.0164. The molecule has 0 saturated carbocycles. The summed E-state index contributed by atoms with van der Waals surface area (Å²) in [5.74, 6) is 0.365. The van der Waals surface area contributed by atoms with E-state index in [2.05, 4.69) is 15.5 Å². The number of amides is 1. The topological polar surface area (TPSA) is 93.3 Å². The Morgan fingerprint density at radius 3 is 2.93 bits per heavy atom. The number of rotatable bonds is 6. The van der Waals surface area contributed by atoms with Crippen molar-refractivity contribution in [2.75, 3.05) is 6.61 Å². The molecule has 1 unspecified atom stereocenters. The number of Topliss-reactive ketones (excluding diaryl/α,β-unsaturated/α-hetero) is 1. The predicted octanol–water partition coefficient (Wildman–Crippen LogP) is 2.88. The minimum atomic E-state index is -0.227. The highest BCUT2D eigenvalue weighted by molar-refractivity contribution is 5.94. The van der Waals surface area contributed by atoms with Gasteiger partial charge in [-0.25, -0.2) is 0 Å². The van der Waals surface area contributed by atoms with Gasteiger partial charge in [0.2, 0.25) is 0 Å². The number of carbonyl (C=O) groups excluding carboxylic acids is 2. The third-order valence-corrected chi connectivity index (χ3v) is 4.53. The molecule has 1 aliphatic heterocycles. The van der Waals surface area contributed by atoms with E-state index in [0.29, 0.717) is 29.3 Å². The van der Waals surface area contributed by atoms with Gasteiger partial charge in [-0.15, -0.1) is 0 Å². The number of benzene rings is 1. The molecular formula is C20H25N3O4. The monoisotopic (exact) mass is 371 g/mol. The van der Waals surface area contributed by atoms with Gasteiger partial charge in [0.15, 0.2) is 5.78 Å². The second-order valence-electron chi connectivity index (χ2n) is 7.42. The second-order valence-corrected chi connectivity index (χ2v) is 7.42. The fourth-order valence-electron chi connectivity index (χ4n) is 3.13. The molecule has 7 heteroatoms. The number of ketones is 1. The lowest BCUT2D eigenvalue weighted by atomic mass is 9.94. The first-order valence-electron chi connectivity index (χ1n) is 9.05. The van der Waals surface area contributed by atoms with Crippen LogP contribution in [-0.4, -0.2) is 40.1 Å². The Morgan fingerprint density at radius 2 is 2.19 bits per heavy atom. The molecular weight excluding hydrogens is 346 g/mol. The predicted molar refractivity (Wildman–Crippen MR) is 99.9 cm³/mol. The third-order valence-electron chi connectivity index (χ3n) is 4.53. The fourth-order valence-corrected chi connectivity index (χ4v) is 3.13. The number of nitrogens with one attached hydrogen (secondary N) is 2. The van der Waals surface area contributed by atoms with Gasteiger partial charge in [0.1, 0.15) is 18.1 Å². The van der Waals surface area contributed by atoms with Gasteiger partial charge in [-0.05, 0) is 51.8 Å². The van der Waals surface area contributed by atoms with Crippen LogP contribution in [0.25, 0.3) is 0 Å². The maximum atomic E-state index is 12.4. The molecule has 1 aromatic carbocycles. The Labute approximate surface area is 158 Å². The highest BCUT2D eigenvalue weighted by Gasteiger charge is 2.30. The summed E-state index contributed by atoms with van der Waals surface area (Å²) in [7, 11) is 0. The Bertz CT molecular complexity index is 828. The number of nitrogens with zero attached hydrogens (tertiary/aromatic N) is 1. The number of aromatic amines is 1. The van der Waals surface area contributed by atoms with Crippen molar-refractivity contribution in [1.82, 2.24) is 15.5 Å². The lowest BCUT2D eigenvalue weighted by Gasteiger charge is -2.35. The van der Waals surface area contributed by atoms with Crippen LogP contribution < -0.4 is 10.1 Å². The van der Waals surface area contributed by atoms with Gasteiger partial charge in [-0.3, -0.25) is 14.7 Å². The Balaban J connectivity index is 1.55. The lowest BCUT2D eigenvalue weighted by molar-refractivity contribution is -0.0615. The van der Waals surface area contributed by atoms with E-state index in [1.807, 2.05) is 13.8 Å². The molecule has 1 atom stereocenters. The van der Waals surface area contributed by atoms with Gasteiger partial charge >= 0.3 is 0 Å². The first kappa shape index (κ1) is 19.1. The summed E-state index contributed by atoms with van der Waals surface area (Å²) < 4.78 is 11.4. The SMILES string of the molecule is CC(=O)c1cccc(OCc2cc(C(=O)NC3CCOC(C)(C)C3)n[nH]2)c1. The molecule has 3 rings (SSSR count). The van der Waals surface area contributed by atoms with E-state index in [9.17, 15) is 9.59 Å². The third kappa shape index (κ3) is 5.17. The summed E-state index contributed by atoms with van der Waals surface area (Å²) in [5, 5.41) is 9.91. The summed E-state index contributed by atoms with van der Waals surface area (Å²) in [5.41, 5.74) is 1.38. The number of aromatic nitrogens is 2. The van der Waals surface area contributed by atoms with Gasteiger partial charge < -0.3 is 14.8 Å². The van der Waals surface area contributed by atoms with Crippen molar-refractivity contribution in [2.45, 2.75) is 51.9 Å². The van der Waals surface area contributed by atoms with Crippen LogP contribution in [0.15, 0.2) is 30.3 Å². The largest absolute Gasteiger partial charge is 0.487 e. The summed E-state index contributed by atoms with van der Waals surface area (Å²) in [6, 6.07) is 8.74. The summed E-state index contributed by atoms with van der Waals surface area (Å²) >= 11 is 0. The highest BCUT2D eigenvalue weighted by atomic mass is 16.5. The van der Waals surface area contributed by atoms with Crippen LogP contribution in [0.3, 0.4) is 0 Å². The standard InChI is InChI=1S/C20H25N3O4/c1-13(24)14-5-4-6-17(9-14)26-12-16-10-18(23-22-16)19(25)21-15-7-8-27-20(2,3)11-15/h4-6,9-10,15H,7-8,11-12H2,1-3H3,(H,21,25)(H,22,23). The fraction of sp³-hybridized carbons (Fsp3) is 0.450. The van der Waals surface area contributed by atoms with Crippen molar-refractivity contribution < 1.29 is 19.1 Å². The van der Waals surface area contributed by atoms with Crippen LogP contribution in [0, 0.1) is 0 Å². The second kappa shape index (κ2) is 7.92. The van der Waals surface area contributed by atoms with Gasteiger partial charge in [0, 0.05) is 18.2 Å². The summed E-state index contributed by atoms with van der Waals surface area (Å²) in [4.78, 5) is 23.8. The molecule has 27 heavy (non-hydrogen) atoms. The first-order valence-corrected chi connectivity index (χ1v) is 9.05. The normalized spacial score (nSPS) is 18.7. The molecule has 0 bridgehead atoms. The van der Waals surface area contributed by atoms with Gasteiger partial charge in [-0.2, -0.15) is 5.10 Å². The van der Waals surface area contributed by atoms with E-state index >= 15 is 0 Å². The molecule has 1 fully saturated rings. The van der Waals surface area contributed by atoms with Crippen molar-refractivity contribution in [3.8, 4) is 5.75 Å². The zero-order chi connectivity index (χ0) is 19.4. The molecule has 1 saturated heterocycles. The molecule has 2 N–H and O–H groups in total. The molecule has 1 amide bonds. The summed E-state index contributed by atoms with van der Waals surface area (Å²) in [6.07, 6.45) is 1.56. The Hall–Kier alpha value is -2.67. The molecule has 1 aliphatic rings. The van der Waals surface area contributed by atoms with Gasteiger partial charge in [0.05, 0.1) is 11.3 Å². The number of ether oxygens (including phenoxy) is 2. The van der Waals surface area contributed by atoms with E-state index in [1.54, 1.807) is 30.3 Å². The van der Waals surface area contributed by atoms with Crippen molar-refractivity contribution in [3.05, 3.63) is 47.3 Å². The van der Waals surface area contributed by atoms with Crippen LogP contribution in [0.2, 0.25) is 0 Å². The molecule has 7 nitrogen and oxygen atoms in total. The maximum Gasteiger partial charge on any atom is 0.271 e. The zero-order valence-electron chi connectivity index (χ0n) is 15.9. The Morgan fingerprint density at radius 1 is 1.37 bits per heavy atom. The summed E-state index contributed by atoms with van der Waals surface area (Å²) in [6.45, 7) is 6.42. The molecule has 2 aromatic rings. The van der Waals surface area contributed by atoms with E-state index in [1.165, 1.54) is 6.92 Å². The molecule has 0 spiro atoms. The maximum absolute atomic E-state index is 12.4. The van der Waals surface area contributed by atoms with Crippen LogP contribution >= 0.6 is 0 Å².